The van der Waals surface area contributed by atoms with Crippen LogP contribution >= 0.6 is 0 Å². The summed E-state index contributed by atoms with van der Waals surface area (Å²) < 4.78 is 1.64. The van der Waals surface area contributed by atoms with Crippen molar-refractivity contribution in [3.63, 3.8) is 0 Å². The first-order valence-corrected chi connectivity index (χ1v) is 5.35. The van der Waals surface area contributed by atoms with Crippen LogP contribution in [0.2, 0.25) is 0 Å². The molecule has 0 aromatic carbocycles. The van der Waals surface area contributed by atoms with Gasteiger partial charge in [-0.25, -0.2) is 4.98 Å². The molecule has 0 aliphatic rings. The van der Waals surface area contributed by atoms with E-state index in [0.717, 1.165) is 0 Å². The number of nitrogens with zero attached hydrogens (tertiary/aromatic N) is 3. The standard InChI is InChI=1S/C6H7N5O.2C2H6/c1-11-2-8-3-4(11)9-6(7)10-5(3)12;2*1-2/h2H,1H3,(H3,7,9,10,12);2*1-2H3. The summed E-state index contributed by atoms with van der Waals surface area (Å²) in [6.07, 6.45) is 1.52. The van der Waals surface area contributed by atoms with Gasteiger partial charge in [0.1, 0.15) is 0 Å². The molecule has 0 bridgehead atoms. The van der Waals surface area contributed by atoms with Crippen LogP contribution in [0.3, 0.4) is 0 Å². The quantitative estimate of drug-likeness (QED) is 0.707. The van der Waals surface area contributed by atoms with Gasteiger partial charge in [0, 0.05) is 7.05 Å². The number of imidazole rings is 1. The average Bonchev–Trinajstić information content (AvgIpc) is 2.67. The smallest absolute Gasteiger partial charge is 0.280 e. The molecule has 2 heterocycles. The molecule has 0 amide bonds. The van der Waals surface area contributed by atoms with Crippen LogP contribution in [0.4, 0.5) is 5.95 Å². The van der Waals surface area contributed by atoms with E-state index in [1.807, 2.05) is 27.7 Å². The molecule has 0 aliphatic heterocycles. The normalized spacial score (nSPS) is 8.81. The molecule has 0 saturated carbocycles. The topological polar surface area (TPSA) is 89.6 Å². The summed E-state index contributed by atoms with van der Waals surface area (Å²) >= 11 is 0. The van der Waals surface area contributed by atoms with Gasteiger partial charge in [0.2, 0.25) is 5.95 Å². The monoisotopic (exact) mass is 225 g/mol. The molecular weight excluding hydrogens is 206 g/mol. The molecule has 0 unspecified atom stereocenters. The summed E-state index contributed by atoms with van der Waals surface area (Å²) in [7, 11) is 1.75. The van der Waals surface area contributed by atoms with Gasteiger partial charge in [0.25, 0.3) is 5.56 Å². The maximum absolute atomic E-state index is 11.2. The predicted octanol–water partition coefficient (Wildman–Crippen LogP) is 1.29. The van der Waals surface area contributed by atoms with Gasteiger partial charge in [0.05, 0.1) is 6.33 Å². The van der Waals surface area contributed by atoms with Gasteiger partial charge < -0.3 is 10.3 Å². The minimum Gasteiger partial charge on any atom is -0.369 e. The van der Waals surface area contributed by atoms with E-state index < -0.39 is 0 Å². The van der Waals surface area contributed by atoms with Crippen LogP contribution in [-0.2, 0) is 7.05 Å². The van der Waals surface area contributed by atoms with E-state index >= 15 is 0 Å². The van der Waals surface area contributed by atoms with Gasteiger partial charge in [0.15, 0.2) is 11.2 Å². The van der Waals surface area contributed by atoms with Crippen LogP contribution in [0, 0.1) is 0 Å². The Kier molecular flexibility index (Phi) is 5.84. The number of rotatable bonds is 0. The van der Waals surface area contributed by atoms with Crippen molar-refractivity contribution in [3.05, 3.63) is 16.7 Å². The minimum atomic E-state index is -0.307. The summed E-state index contributed by atoms with van der Waals surface area (Å²) in [4.78, 5) is 21.3. The van der Waals surface area contributed by atoms with Crippen LogP contribution < -0.4 is 11.3 Å². The molecule has 0 aliphatic carbocycles. The van der Waals surface area contributed by atoms with E-state index in [4.69, 9.17) is 5.73 Å². The SMILES string of the molecule is CC.CC.Cn1cnc2c(=O)[nH]c(N)nc21. The first-order chi connectivity index (χ1) is 7.68. The number of fused-ring (bicyclic) bond motifs is 1. The highest BCUT2D eigenvalue weighted by molar-refractivity contribution is 5.70. The molecule has 0 atom stereocenters. The molecule has 0 radical (unpaired) electrons. The van der Waals surface area contributed by atoms with Crippen molar-refractivity contribution in [1.82, 2.24) is 19.5 Å². The van der Waals surface area contributed by atoms with Crippen molar-refractivity contribution in [2.24, 2.45) is 7.05 Å². The third kappa shape index (κ3) is 2.82. The van der Waals surface area contributed by atoms with E-state index in [0.29, 0.717) is 11.2 Å². The van der Waals surface area contributed by atoms with Crippen molar-refractivity contribution < 1.29 is 0 Å². The number of nitrogens with one attached hydrogen (secondary N) is 1. The van der Waals surface area contributed by atoms with Crippen molar-refractivity contribution >= 4 is 17.1 Å². The number of aromatic nitrogens is 4. The van der Waals surface area contributed by atoms with Gasteiger partial charge in [-0.05, 0) is 0 Å². The van der Waals surface area contributed by atoms with Crippen LogP contribution in [0.5, 0.6) is 0 Å². The molecular formula is C10H19N5O. The molecule has 3 N–H and O–H groups in total. The van der Waals surface area contributed by atoms with Crippen LogP contribution in [0.1, 0.15) is 27.7 Å². The number of nitrogen functional groups attached to an aromatic ring is 1. The molecule has 6 heteroatoms. The van der Waals surface area contributed by atoms with E-state index in [2.05, 4.69) is 15.0 Å². The van der Waals surface area contributed by atoms with Gasteiger partial charge in [-0.3, -0.25) is 9.78 Å². The van der Waals surface area contributed by atoms with Crippen molar-refractivity contribution in [3.8, 4) is 0 Å². The number of anilines is 1. The summed E-state index contributed by atoms with van der Waals surface area (Å²) in [6.45, 7) is 8.00. The average molecular weight is 225 g/mol. The lowest BCUT2D eigenvalue weighted by molar-refractivity contribution is 0.929. The molecule has 0 spiro atoms. The van der Waals surface area contributed by atoms with E-state index in [9.17, 15) is 4.79 Å². The van der Waals surface area contributed by atoms with Gasteiger partial charge in [-0.1, -0.05) is 27.7 Å². The third-order valence-electron chi connectivity index (χ3n) is 1.59. The summed E-state index contributed by atoms with van der Waals surface area (Å²) in [6, 6.07) is 0. The molecule has 6 nitrogen and oxygen atoms in total. The second kappa shape index (κ2) is 6.60. The Balaban J connectivity index is 0.000000509. The molecule has 2 aromatic heterocycles. The number of aromatic amines is 1. The number of nitrogens with two attached hydrogens (primary N) is 1. The molecule has 16 heavy (non-hydrogen) atoms. The van der Waals surface area contributed by atoms with E-state index in [1.165, 1.54) is 6.33 Å². The second-order valence-electron chi connectivity index (χ2n) is 2.48. The maximum atomic E-state index is 11.2. The lowest BCUT2D eigenvalue weighted by Crippen LogP contribution is -2.11. The zero-order chi connectivity index (χ0) is 12.7. The highest BCUT2D eigenvalue weighted by Gasteiger charge is 2.05. The van der Waals surface area contributed by atoms with Gasteiger partial charge in [-0.2, -0.15) is 4.98 Å². The van der Waals surface area contributed by atoms with Crippen molar-refractivity contribution in [1.29, 1.82) is 0 Å². The van der Waals surface area contributed by atoms with Crippen LogP contribution in [0.25, 0.3) is 11.2 Å². The largest absolute Gasteiger partial charge is 0.369 e. The molecule has 2 rings (SSSR count). The molecule has 0 fully saturated rings. The lowest BCUT2D eigenvalue weighted by atomic mass is 10.5. The summed E-state index contributed by atoms with van der Waals surface area (Å²) in [5.41, 5.74) is 5.85. The Bertz CT molecular complexity index is 485. The van der Waals surface area contributed by atoms with Crippen molar-refractivity contribution in [2.45, 2.75) is 27.7 Å². The number of hydrogen-bond donors (Lipinski definition) is 2. The highest BCUT2D eigenvalue weighted by atomic mass is 16.1. The first kappa shape index (κ1) is 14.2. The van der Waals surface area contributed by atoms with Crippen molar-refractivity contribution in [2.75, 3.05) is 5.73 Å². The zero-order valence-electron chi connectivity index (χ0n) is 10.4. The fourth-order valence-corrected chi connectivity index (χ4v) is 1.03. The molecule has 2 aromatic rings. The zero-order valence-corrected chi connectivity index (χ0v) is 10.4. The Labute approximate surface area is 94.5 Å². The molecule has 90 valence electrons. The summed E-state index contributed by atoms with van der Waals surface area (Å²) in [5, 5.41) is 0. The Hall–Kier alpha value is -1.85. The van der Waals surface area contributed by atoms with E-state index in [-0.39, 0.29) is 11.5 Å². The Morgan fingerprint density at radius 3 is 2.44 bits per heavy atom. The number of H-pyrrole nitrogens is 1. The predicted molar refractivity (Wildman–Crippen MR) is 66.2 cm³/mol. The van der Waals surface area contributed by atoms with E-state index in [1.54, 1.807) is 11.6 Å². The lowest BCUT2D eigenvalue weighted by Gasteiger charge is -1.93. The van der Waals surface area contributed by atoms with Gasteiger partial charge in [-0.15, -0.1) is 0 Å². The first-order valence-electron chi connectivity index (χ1n) is 5.35. The molecule has 0 saturated heterocycles. The van der Waals surface area contributed by atoms with Crippen LogP contribution in [0.15, 0.2) is 11.1 Å². The number of aryl methyl sites for hydroxylation is 1. The number of hydrogen-bond acceptors (Lipinski definition) is 4. The Morgan fingerprint density at radius 2 is 1.88 bits per heavy atom. The second-order valence-corrected chi connectivity index (χ2v) is 2.48. The minimum absolute atomic E-state index is 0.108. The highest BCUT2D eigenvalue weighted by Crippen LogP contribution is 2.02. The fourth-order valence-electron chi connectivity index (χ4n) is 1.03. The van der Waals surface area contributed by atoms with Crippen LogP contribution in [-0.4, -0.2) is 19.5 Å². The summed E-state index contributed by atoms with van der Waals surface area (Å²) in [5.74, 6) is 0.108. The maximum Gasteiger partial charge on any atom is 0.280 e. The third-order valence-corrected chi connectivity index (χ3v) is 1.59. The fraction of sp³-hybridized carbons (Fsp3) is 0.500. The Morgan fingerprint density at radius 1 is 1.31 bits per heavy atom. The van der Waals surface area contributed by atoms with Gasteiger partial charge >= 0.3 is 0 Å².